The van der Waals surface area contributed by atoms with Crippen LogP contribution in [0.25, 0.3) is 17.0 Å². The van der Waals surface area contributed by atoms with Crippen molar-refractivity contribution < 1.29 is 14.3 Å². The van der Waals surface area contributed by atoms with Crippen LogP contribution in [0.3, 0.4) is 0 Å². The second-order valence-corrected chi connectivity index (χ2v) is 3.87. The van der Waals surface area contributed by atoms with Crippen LogP contribution in [-0.2, 0) is 0 Å². The van der Waals surface area contributed by atoms with Gasteiger partial charge in [0.05, 0.1) is 5.56 Å². The molecule has 3 heteroatoms. The van der Waals surface area contributed by atoms with Gasteiger partial charge in [0.25, 0.3) is 0 Å². The number of unbranched alkanes of at least 4 members (excludes halogenated alkanes) is 1. The lowest BCUT2D eigenvalue weighted by Gasteiger charge is -1.96. The molecule has 17 heavy (non-hydrogen) atoms. The second kappa shape index (κ2) is 4.87. The Hall–Kier alpha value is -2.03. The number of carbonyl (C=O) groups excluding carboxylic acids is 1. The van der Waals surface area contributed by atoms with Gasteiger partial charge in [0.1, 0.15) is 17.1 Å². The Morgan fingerprint density at radius 3 is 2.94 bits per heavy atom. The zero-order valence-corrected chi connectivity index (χ0v) is 9.64. The summed E-state index contributed by atoms with van der Waals surface area (Å²) in [5, 5.41) is 10.2. The van der Waals surface area contributed by atoms with Gasteiger partial charge in [-0.05, 0) is 30.7 Å². The molecular formula is C14H14O3. The molecule has 0 amide bonds. The van der Waals surface area contributed by atoms with Crippen molar-refractivity contribution in [2.24, 2.45) is 0 Å². The van der Waals surface area contributed by atoms with Gasteiger partial charge in [-0.25, -0.2) is 0 Å². The molecule has 3 nitrogen and oxygen atoms in total. The Bertz CT molecular complexity index is 564. The zero-order chi connectivity index (χ0) is 12.3. The monoisotopic (exact) mass is 230 g/mol. The number of hydrogen-bond donors (Lipinski definition) is 1. The predicted molar refractivity (Wildman–Crippen MR) is 67.2 cm³/mol. The highest BCUT2D eigenvalue weighted by Gasteiger charge is 2.09. The van der Waals surface area contributed by atoms with Crippen molar-refractivity contribution >= 4 is 23.3 Å². The Kier molecular flexibility index (Phi) is 3.28. The summed E-state index contributed by atoms with van der Waals surface area (Å²) in [5.41, 5.74) is 0.891. The fraction of sp³-hybridized carbons (Fsp3) is 0.214. The van der Waals surface area contributed by atoms with Crippen LogP contribution in [0.15, 0.2) is 28.7 Å². The molecule has 0 aliphatic rings. The molecule has 0 bridgehead atoms. The van der Waals surface area contributed by atoms with Crippen molar-refractivity contribution in [3.63, 3.8) is 0 Å². The van der Waals surface area contributed by atoms with Crippen LogP contribution >= 0.6 is 0 Å². The predicted octanol–water partition coefficient (Wildman–Crippen LogP) is 3.76. The largest absolute Gasteiger partial charge is 0.507 e. The molecule has 0 spiro atoms. The van der Waals surface area contributed by atoms with E-state index in [0.29, 0.717) is 23.0 Å². The third-order valence-corrected chi connectivity index (χ3v) is 2.59. The first-order valence-corrected chi connectivity index (χ1v) is 5.63. The molecule has 1 heterocycles. The van der Waals surface area contributed by atoms with E-state index in [2.05, 4.69) is 6.92 Å². The average molecular weight is 230 g/mol. The van der Waals surface area contributed by atoms with E-state index >= 15 is 0 Å². The van der Waals surface area contributed by atoms with E-state index in [0.717, 1.165) is 12.8 Å². The number of furan rings is 1. The third-order valence-electron chi connectivity index (χ3n) is 2.59. The topological polar surface area (TPSA) is 50.4 Å². The third kappa shape index (κ3) is 2.23. The van der Waals surface area contributed by atoms with Crippen LogP contribution in [0, 0.1) is 0 Å². The van der Waals surface area contributed by atoms with E-state index in [1.165, 1.54) is 6.07 Å². The normalized spacial score (nSPS) is 11.4. The zero-order valence-electron chi connectivity index (χ0n) is 9.64. The van der Waals surface area contributed by atoms with Gasteiger partial charge in [0.2, 0.25) is 0 Å². The van der Waals surface area contributed by atoms with Crippen molar-refractivity contribution in [1.82, 2.24) is 0 Å². The van der Waals surface area contributed by atoms with E-state index in [1.807, 2.05) is 12.2 Å². The van der Waals surface area contributed by atoms with Gasteiger partial charge >= 0.3 is 0 Å². The summed E-state index contributed by atoms with van der Waals surface area (Å²) >= 11 is 0. The average Bonchev–Trinajstić information content (AvgIpc) is 2.72. The van der Waals surface area contributed by atoms with Crippen LogP contribution in [0.1, 0.15) is 35.9 Å². The van der Waals surface area contributed by atoms with Gasteiger partial charge in [0.15, 0.2) is 6.29 Å². The summed E-state index contributed by atoms with van der Waals surface area (Å²) < 4.78 is 5.56. The quantitative estimate of drug-likeness (QED) is 0.813. The summed E-state index contributed by atoms with van der Waals surface area (Å²) in [4.78, 5) is 10.9. The number of carbonyl (C=O) groups is 1. The first kappa shape index (κ1) is 11.5. The molecule has 2 aromatic rings. The summed E-state index contributed by atoms with van der Waals surface area (Å²) in [6.45, 7) is 2.10. The molecule has 2 rings (SSSR count). The molecule has 0 radical (unpaired) electrons. The van der Waals surface area contributed by atoms with E-state index in [1.54, 1.807) is 12.1 Å². The van der Waals surface area contributed by atoms with E-state index in [4.69, 9.17) is 4.42 Å². The first-order valence-electron chi connectivity index (χ1n) is 5.63. The lowest BCUT2D eigenvalue weighted by atomic mass is 10.1. The molecule has 0 aliphatic heterocycles. The van der Waals surface area contributed by atoms with Crippen LogP contribution in [0.2, 0.25) is 0 Å². The van der Waals surface area contributed by atoms with Gasteiger partial charge < -0.3 is 9.52 Å². The van der Waals surface area contributed by atoms with Crippen molar-refractivity contribution in [2.45, 2.75) is 19.8 Å². The van der Waals surface area contributed by atoms with Gasteiger partial charge in [-0.3, -0.25) is 4.79 Å². The summed E-state index contributed by atoms with van der Waals surface area (Å²) in [5.74, 6) is 0.680. The molecule has 0 atom stereocenters. The molecule has 1 N–H and O–H groups in total. The smallest absolute Gasteiger partial charge is 0.154 e. The molecule has 1 aromatic carbocycles. The summed E-state index contributed by atoms with van der Waals surface area (Å²) in [7, 11) is 0. The minimum atomic E-state index is -0.0163. The highest BCUT2D eigenvalue weighted by atomic mass is 16.3. The van der Waals surface area contributed by atoms with Gasteiger partial charge in [0, 0.05) is 5.39 Å². The molecule has 0 fully saturated rings. The Labute approximate surface area is 99.4 Å². The van der Waals surface area contributed by atoms with E-state index < -0.39 is 0 Å². The van der Waals surface area contributed by atoms with E-state index in [-0.39, 0.29) is 11.3 Å². The number of aromatic hydroxyl groups is 1. The Morgan fingerprint density at radius 2 is 2.24 bits per heavy atom. The standard InChI is InChI=1S/C14H14O3/c1-2-3-4-5-10-8-11-12(9-15)13(16)6-7-14(11)17-10/h4-9,16H,2-3H2,1H3. The van der Waals surface area contributed by atoms with Crippen LogP contribution in [-0.4, -0.2) is 11.4 Å². The summed E-state index contributed by atoms with van der Waals surface area (Å²) in [6, 6.07) is 4.90. The lowest BCUT2D eigenvalue weighted by Crippen LogP contribution is -1.81. The lowest BCUT2D eigenvalue weighted by molar-refractivity contribution is 0.112. The van der Waals surface area contributed by atoms with Crippen LogP contribution < -0.4 is 0 Å². The SMILES string of the molecule is CCCC=Cc1cc2c(C=O)c(O)ccc2o1. The second-order valence-electron chi connectivity index (χ2n) is 3.87. The van der Waals surface area contributed by atoms with Gasteiger partial charge in [-0.15, -0.1) is 0 Å². The number of hydrogen-bond acceptors (Lipinski definition) is 3. The number of phenols is 1. The Morgan fingerprint density at radius 1 is 1.41 bits per heavy atom. The number of fused-ring (bicyclic) bond motifs is 1. The highest BCUT2D eigenvalue weighted by molar-refractivity contribution is 5.99. The maximum absolute atomic E-state index is 10.9. The minimum absolute atomic E-state index is 0.0163. The number of phenolic OH excluding ortho intramolecular Hbond substituents is 1. The van der Waals surface area contributed by atoms with Gasteiger partial charge in [-0.2, -0.15) is 0 Å². The Balaban J connectivity index is 2.46. The number of benzene rings is 1. The fourth-order valence-corrected chi connectivity index (χ4v) is 1.71. The molecule has 88 valence electrons. The first-order chi connectivity index (χ1) is 8.26. The van der Waals surface area contributed by atoms with Crippen molar-refractivity contribution in [3.05, 3.63) is 35.6 Å². The van der Waals surface area contributed by atoms with Crippen LogP contribution in [0.5, 0.6) is 5.75 Å². The maximum atomic E-state index is 10.9. The maximum Gasteiger partial charge on any atom is 0.154 e. The molecule has 0 saturated carbocycles. The molecule has 0 saturated heterocycles. The molecule has 0 unspecified atom stereocenters. The van der Waals surface area contributed by atoms with Crippen molar-refractivity contribution in [3.8, 4) is 5.75 Å². The minimum Gasteiger partial charge on any atom is -0.507 e. The highest BCUT2D eigenvalue weighted by Crippen LogP contribution is 2.28. The van der Waals surface area contributed by atoms with Crippen LogP contribution in [0.4, 0.5) is 0 Å². The van der Waals surface area contributed by atoms with E-state index in [9.17, 15) is 9.90 Å². The van der Waals surface area contributed by atoms with Crippen molar-refractivity contribution in [2.75, 3.05) is 0 Å². The molecular weight excluding hydrogens is 216 g/mol. The number of allylic oxidation sites excluding steroid dienone is 1. The van der Waals surface area contributed by atoms with Crippen molar-refractivity contribution in [1.29, 1.82) is 0 Å². The number of rotatable bonds is 4. The number of aldehydes is 1. The molecule has 1 aromatic heterocycles. The summed E-state index contributed by atoms with van der Waals surface area (Å²) in [6.07, 6.45) is 6.62. The fourth-order valence-electron chi connectivity index (χ4n) is 1.71. The molecule has 0 aliphatic carbocycles. The van der Waals surface area contributed by atoms with Gasteiger partial charge in [-0.1, -0.05) is 19.4 Å².